The van der Waals surface area contributed by atoms with Gasteiger partial charge in [-0.05, 0) is 30.4 Å². The fourth-order valence-electron chi connectivity index (χ4n) is 1.65. The van der Waals surface area contributed by atoms with Crippen LogP contribution in [0, 0.1) is 0 Å². The summed E-state index contributed by atoms with van der Waals surface area (Å²) in [6.45, 7) is 2.16. The van der Waals surface area contributed by atoms with Crippen LogP contribution in [0.2, 0.25) is 0 Å². The van der Waals surface area contributed by atoms with Crippen LogP contribution in [0.15, 0.2) is 34.9 Å². The molecule has 0 atom stereocenters. The zero-order chi connectivity index (χ0) is 11.4. The number of aromatic nitrogens is 1. The van der Waals surface area contributed by atoms with Crippen LogP contribution >= 0.6 is 0 Å². The molecule has 0 aliphatic heterocycles. The molecule has 0 fully saturated rings. The molecule has 3 heteroatoms. The van der Waals surface area contributed by atoms with Crippen molar-refractivity contribution in [1.82, 2.24) is 4.98 Å². The maximum Gasteiger partial charge on any atom is 0.292 e. The summed E-state index contributed by atoms with van der Waals surface area (Å²) in [5.41, 5.74) is 9.01. The monoisotopic (exact) mass is 216 g/mol. The van der Waals surface area contributed by atoms with Crippen LogP contribution in [0.25, 0.3) is 0 Å². The summed E-state index contributed by atoms with van der Waals surface area (Å²) in [4.78, 5) is 4.07. The predicted octanol–water partition coefficient (Wildman–Crippen LogP) is 2.60. The average molecular weight is 216 g/mol. The summed E-state index contributed by atoms with van der Waals surface area (Å²) < 4.78 is 4.96. The third-order valence-electron chi connectivity index (χ3n) is 2.67. The first-order valence-corrected chi connectivity index (χ1v) is 5.55. The minimum absolute atomic E-state index is 0.247. The Labute approximate surface area is 95.3 Å². The van der Waals surface area contributed by atoms with Gasteiger partial charge in [0.2, 0.25) is 0 Å². The Morgan fingerprint density at radius 1 is 1.12 bits per heavy atom. The van der Waals surface area contributed by atoms with Gasteiger partial charge in [-0.2, -0.15) is 4.98 Å². The van der Waals surface area contributed by atoms with Crippen molar-refractivity contribution in [1.29, 1.82) is 0 Å². The molecular formula is C13H16N2O. The Hall–Kier alpha value is -1.77. The number of anilines is 1. The van der Waals surface area contributed by atoms with Gasteiger partial charge in [-0.1, -0.05) is 31.2 Å². The topological polar surface area (TPSA) is 52.0 Å². The van der Waals surface area contributed by atoms with E-state index in [4.69, 9.17) is 10.2 Å². The lowest BCUT2D eigenvalue weighted by atomic mass is 10.1. The van der Waals surface area contributed by atoms with Crippen molar-refractivity contribution < 1.29 is 4.42 Å². The molecule has 0 aliphatic carbocycles. The molecule has 0 spiro atoms. The van der Waals surface area contributed by atoms with E-state index in [0.29, 0.717) is 0 Å². The number of hydrogen-bond acceptors (Lipinski definition) is 3. The van der Waals surface area contributed by atoms with Crippen LogP contribution in [0.4, 0.5) is 6.01 Å². The summed E-state index contributed by atoms with van der Waals surface area (Å²) in [5, 5.41) is 0. The van der Waals surface area contributed by atoms with E-state index in [2.05, 4.69) is 36.2 Å². The highest BCUT2D eigenvalue weighted by Crippen LogP contribution is 2.10. The van der Waals surface area contributed by atoms with Crippen LogP contribution < -0.4 is 5.73 Å². The number of rotatable bonds is 4. The van der Waals surface area contributed by atoms with E-state index in [9.17, 15) is 0 Å². The molecule has 1 heterocycles. The van der Waals surface area contributed by atoms with Crippen molar-refractivity contribution in [3.63, 3.8) is 0 Å². The highest BCUT2D eigenvalue weighted by Gasteiger charge is 2.01. The molecule has 0 aliphatic rings. The lowest BCUT2D eigenvalue weighted by Gasteiger charge is -2.01. The molecule has 1 aromatic heterocycles. The molecule has 0 saturated carbocycles. The third kappa shape index (κ3) is 2.63. The summed E-state index contributed by atoms with van der Waals surface area (Å²) in [7, 11) is 0. The molecule has 0 saturated heterocycles. The number of oxazole rings is 1. The Balaban J connectivity index is 1.94. The highest BCUT2D eigenvalue weighted by atomic mass is 16.4. The first kappa shape index (κ1) is 10.7. The molecule has 2 aromatic rings. The zero-order valence-electron chi connectivity index (χ0n) is 9.44. The number of nitrogen functional groups attached to an aromatic ring is 1. The molecule has 1 aromatic carbocycles. The lowest BCUT2D eigenvalue weighted by molar-refractivity contribution is 0.578. The minimum atomic E-state index is 0.247. The number of nitrogens with two attached hydrogens (primary N) is 1. The van der Waals surface area contributed by atoms with E-state index in [1.165, 1.54) is 11.1 Å². The minimum Gasteiger partial charge on any atom is -0.432 e. The van der Waals surface area contributed by atoms with Gasteiger partial charge in [0, 0.05) is 0 Å². The standard InChI is InChI=1S/C13H16N2O/c1-2-10-3-5-11(6-4-10)7-8-12-9-16-13(14)15-12/h3-6,9H,2,7-8H2,1H3,(H2,14,15). The zero-order valence-corrected chi connectivity index (χ0v) is 9.44. The fourth-order valence-corrected chi connectivity index (χ4v) is 1.65. The molecule has 3 nitrogen and oxygen atoms in total. The fraction of sp³-hybridized carbons (Fsp3) is 0.308. The predicted molar refractivity (Wildman–Crippen MR) is 64.1 cm³/mol. The molecule has 0 unspecified atom stereocenters. The molecule has 84 valence electrons. The molecule has 16 heavy (non-hydrogen) atoms. The Morgan fingerprint density at radius 2 is 1.81 bits per heavy atom. The molecule has 0 bridgehead atoms. The van der Waals surface area contributed by atoms with Gasteiger partial charge in [0.25, 0.3) is 6.01 Å². The van der Waals surface area contributed by atoms with E-state index in [1.54, 1.807) is 6.26 Å². The Bertz CT molecular complexity index is 445. The summed E-state index contributed by atoms with van der Waals surface area (Å²) in [5.74, 6) is 0. The summed E-state index contributed by atoms with van der Waals surface area (Å²) in [6.07, 6.45) is 4.54. The van der Waals surface area contributed by atoms with Gasteiger partial charge in [-0.3, -0.25) is 0 Å². The van der Waals surface area contributed by atoms with Crippen molar-refractivity contribution in [2.75, 3.05) is 5.73 Å². The Morgan fingerprint density at radius 3 is 2.38 bits per heavy atom. The molecule has 0 amide bonds. The van der Waals surface area contributed by atoms with Crippen LogP contribution in [0.3, 0.4) is 0 Å². The Kier molecular flexibility index (Phi) is 3.25. The van der Waals surface area contributed by atoms with Crippen LogP contribution in [-0.2, 0) is 19.3 Å². The van der Waals surface area contributed by atoms with E-state index in [1.807, 2.05) is 0 Å². The maximum atomic E-state index is 5.41. The van der Waals surface area contributed by atoms with Crippen molar-refractivity contribution >= 4 is 6.01 Å². The highest BCUT2D eigenvalue weighted by molar-refractivity contribution is 5.23. The normalized spacial score (nSPS) is 10.6. The van der Waals surface area contributed by atoms with Crippen molar-refractivity contribution in [3.05, 3.63) is 47.3 Å². The first-order chi connectivity index (χ1) is 7.78. The number of aryl methyl sites for hydroxylation is 3. The maximum absolute atomic E-state index is 5.41. The van der Waals surface area contributed by atoms with Gasteiger partial charge < -0.3 is 10.2 Å². The lowest BCUT2D eigenvalue weighted by Crippen LogP contribution is -1.93. The summed E-state index contributed by atoms with van der Waals surface area (Å²) >= 11 is 0. The SMILES string of the molecule is CCc1ccc(CCc2coc(N)n2)cc1. The van der Waals surface area contributed by atoms with Gasteiger partial charge in [0.15, 0.2) is 0 Å². The second-order valence-corrected chi connectivity index (χ2v) is 3.85. The van der Waals surface area contributed by atoms with Crippen molar-refractivity contribution in [3.8, 4) is 0 Å². The van der Waals surface area contributed by atoms with E-state index >= 15 is 0 Å². The van der Waals surface area contributed by atoms with Crippen LogP contribution in [-0.4, -0.2) is 4.98 Å². The van der Waals surface area contributed by atoms with E-state index < -0.39 is 0 Å². The van der Waals surface area contributed by atoms with Crippen molar-refractivity contribution in [2.45, 2.75) is 26.2 Å². The second-order valence-electron chi connectivity index (χ2n) is 3.85. The average Bonchev–Trinajstić information content (AvgIpc) is 2.73. The van der Waals surface area contributed by atoms with E-state index in [0.717, 1.165) is 25.0 Å². The smallest absolute Gasteiger partial charge is 0.292 e. The summed E-state index contributed by atoms with van der Waals surface area (Å²) in [6, 6.07) is 8.93. The van der Waals surface area contributed by atoms with Gasteiger partial charge >= 0.3 is 0 Å². The molecule has 0 radical (unpaired) electrons. The second kappa shape index (κ2) is 4.84. The first-order valence-electron chi connectivity index (χ1n) is 5.55. The van der Waals surface area contributed by atoms with Crippen LogP contribution in [0.1, 0.15) is 23.7 Å². The van der Waals surface area contributed by atoms with Crippen molar-refractivity contribution in [2.24, 2.45) is 0 Å². The van der Waals surface area contributed by atoms with Crippen LogP contribution in [0.5, 0.6) is 0 Å². The number of hydrogen-bond donors (Lipinski definition) is 1. The van der Waals surface area contributed by atoms with E-state index in [-0.39, 0.29) is 6.01 Å². The third-order valence-corrected chi connectivity index (χ3v) is 2.67. The van der Waals surface area contributed by atoms with Gasteiger partial charge in [0.05, 0.1) is 5.69 Å². The van der Waals surface area contributed by atoms with Gasteiger partial charge in [-0.25, -0.2) is 0 Å². The molecule has 2 N–H and O–H groups in total. The van der Waals surface area contributed by atoms with Gasteiger partial charge in [0.1, 0.15) is 6.26 Å². The largest absolute Gasteiger partial charge is 0.432 e. The quantitative estimate of drug-likeness (QED) is 0.854. The number of nitrogens with zero attached hydrogens (tertiary/aromatic N) is 1. The molecular weight excluding hydrogens is 200 g/mol. The number of benzene rings is 1. The van der Waals surface area contributed by atoms with Gasteiger partial charge in [-0.15, -0.1) is 0 Å². The molecule has 2 rings (SSSR count).